The number of methoxy groups -OCH3 is 1. The molecule has 0 aliphatic heterocycles. The third-order valence-corrected chi connectivity index (χ3v) is 2.99. The number of carbonyl (C=O) groups excluding carboxylic acids is 3. The van der Waals surface area contributed by atoms with Crippen LogP contribution in [0.15, 0.2) is 30.3 Å². The monoisotopic (exact) mass is 340 g/mol. The maximum atomic E-state index is 11.9. The summed E-state index contributed by atoms with van der Waals surface area (Å²) in [5.41, 5.74) is 0.753. The predicted octanol–water partition coefficient (Wildman–Crippen LogP) is -1.08. The summed E-state index contributed by atoms with van der Waals surface area (Å²) in [7, 11) is 1.10. The van der Waals surface area contributed by atoms with Gasteiger partial charge >= 0.3 is 12.1 Å². The zero-order chi connectivity index (χ0) is 17.9. The van der Waals surface area contributed by atoms with Crippen LogP contribution in [0.25, 0.3) is 0 Å². The van der Waals surface area contributed by atoms with Gasteiger partial charge in [0.25, 0.3) is 0 Å². The first kappa shape index (κ1) is 19.4. The standard InChI is InChI=1S/C15H20N2O7/c1-23-14(21)12(8-19)16-13(20)11(7-18)17-15(22)24-9-10-5-3-2-4-6-10/h2-6,11-12,18-19H,7-9H2,1H3,(H,16,20)(H,17,22)/t11-,12+/m1/s1. The molecule has 0 unspecified atom stereocenters. The predicted molar refractivity (Wildman–Crippen MR) is 81.7 cm³/mol. The summed E-state index contributed by atoms with van der Waals surface area (Å²) in [6.45, 7) is -1.41. The van der Waals surface area contributed by atoms with Crippen molar-refractivity contribution in [3.8, 4) is 0 Å². The molecule has 24 heavy (non-hydrogen) atoms. The second-order valence-electron chi connectivity index (χ2n) is 4.71. The Kier molecular flexibility index (Phi) is 8.23. The van der Waals surface area contributed by atoms with Crippen LogP contribution in [0.5, 0.6) is 0 Å². The lowest BCUT2D eigenvalue weighted by Gasteiger charge is -2.19. The molecule has 0 aromatic heterocycles. The van der Waals surface area contributed by atoms with E-state index < -0.39 is 43.3 Å². The molecule has 9 nitrogen and oxygen atoms in total. The zero-order valence-corrected chi connectivity index (χ0v) is 13.1. The number of alkyl carbamates (subject to hydrolysis) is 1. The first-order valence-electron chi connectivity index (χ1n) is 7.09. The molecular formula is C15H20N2O7. The van der Waals surface area contributed by atoms with Crippen molar-refractivity contribution in [2.75, 3.05) is 20.3 Å². The molecule has 0 fully saturated rings. The van der Waals surface area contributed by atoms with Crippen LogP contribution < -0.4 is 10.6 Å². The number of ether oxygens (including phenoxy) is 2. The summed E-state index contributed by atoms with van der Waals surface area (Å²) in [5, 5.41) is 22.6. The van der Waals surface area contributed by atoms with Crippen LogP contribution in [0.1, 0.15) is 5.56 Å². The molecule has 0 bridgehead atoms. The van der Waals surface area contributed by atoms with Gasteiger partial charge in [-0.25, -0.2) is 9.59 Å². The van der Waals surface area contributed by atoms with Crippen molar-refractivity contribution in [3.63, 3.8) is 0 Å². The maximum Gasteiger partial charge on any atom is 0.408 e. The van der Waals surface area contributed by atoms with Crippen molar-refractivity contribution in [1.82, 2.24) is 10.6 Å². The van der Waals surface area contributed by atoms with Gasteiger partial charge in [-0.2, -0.15) is 0 Å². The highest BCUT2D eigenvalue weighted by molar-refractivity contribution is 5.89. The molecule has 1 aromatic rings. The minimum Gasteiger partial charge on any atom is -0.467 e. The molecule has 0 saturated heterocycles. The largest absolute Gasteiger partial charge is 0.467 e. The molecule has 1 rings (SSSR count). The lowest BCUT2D eigenvalue weighted by molar-refractivity contribution is -0.146. The van der Waals surface area contributed by atoms with E-state index in [0.29, 0.717) is 0 Å². The lowest BCUT2D eigenvalue weighted by Crippen LogP contribution is -2.54. The average Bonchev–Trinajstić information content (AvgIpc) is 2.62. The van der Waals surface area contributed by atoms with Gasteiger partial charge in [-0.1, -0.05) is 30.3 Å². The number of amides is 2. The number of esters is 1. The smallest absolute Gasteiger partial charge is 0.408 e. The van der Waals surface area contributed by atoms with E-state index in [4.69, 9.17) is 9.84 Å². The van der Waals surface area contributed by atoms with Crippen molar-refractivity contribution in [2.24, 2.45) is 0 Å². The van der Waals surface area contributed by atoms with Crippen molar-refractivity contribution >= 4 is 18.0 Å². The number of hydrogen-bond acceptors (Lipinski definition) is 7. The Morgan fingerprint density at radius 3 is 2.21 bits per heavy atom. The summed E-state index contributed by atoms with van der Waals surface area (Å²) < 4.78 is 9.33. The van der Waals surface area contributed by atoms with Gasteiger partial charge in [0.1, 0.15) is 12.6 Å². The molecule has 0 aliphatic rings. The third kappa shape index (κ3) is 6.23. The van der Waals surface area contributed by atoms with Gasteiger partial charge in [-0.05, 0) is 5.56 Å². The fourth-order valence-electron chi connectivity index (χ4n) is 1.69. The Balaban J connectivity index is 2.51. The molecule has 0 spiro atoms. The van der Waals surface area contributed by atoms with Gasteiger partial charge in [0, 0.05) is 0 Å². The minimum absolute atomic E-state index is 0.00608. The Morgan fingerprint density at radius 2 is 1.67 bits per heavy atom. The molecule has 0 radical (unpaired) electrons. The fourth-order valence-corrected chi connectivity index (χ4v) is 1.69. The normalized spacial score (nSPS) is 12.6. The second kappa shape index (κ2) is 10.2. The molecule has 0 saturated carbocycles. The first-order valence-corrected chi connectivity index (χ1v) is 7.09. The van der Waals surface area contributed by atoms with E-state index in [0.717, 1.165) is 12.7 Å². The zero-order valence-electron chi connectivity index (χ0n) is 13.1. The average molecular weight is 340 g/mol. The quantitative estimate of drug-likeness (QED) is 0.442. The van der Waals surface area contributed by atoms with E-state index >= 15 is 0 Å². The van der Waals surface area contributed by atoms with Gasteiger partial charge in [-0.15, -0.1) is 0 Å². The fraction of sp³-hybridized carbons (Fsp3) is 0.400. The minimum atomic E-state index is -1.34. The van der Waals surface area contributed by atoms with Gasteiger partial charge in [0.15, 0.2) is 6.04 Å². The Labute approximate surface area is 138 Å². The van der Waals surface area contributed by atoms with E-state index in [9.17, 15) is 19.5 Å². The van der Waals surface area contributed by atoms with Gasteiger partial charge in [-0.3, -0.25) is 4.79 Å². The Bertz CT molecular complexity index is 550. The molecule has 0 aliphatic carbocycles. The second-order valence-corrected chi connectivity index (χ2v) is 4.71. The van der Waals surface area contributed by atoms with Gasteiger partial charge in [0.2, 0.25) is 5.91 Å². The molecule has 1 aromatic carbocycles. The van der Waals surface area contributed by atoms with Crippen LogP contribution in [0.4, 0.5) is 4.79 Å². The highest BCUT2D eigenvalue weighted by atomic mass is 16.5. The summed E-state index contributed by atoms with van der Waals surface area (Å²) in [6, 6.07) is 6.25. The third-order valence-electron chi connectivity index (χ3n) is 2.99. The summed E-state index contributed by atoms with van der Waals surface area (Å²) in [4.78, 5) is 34.9. The Morgan fingerprint density at radius 1 is 1.04 bits per heavy atom. The molecule has 2 amide bonds. The molecular weight excluding hydrogens is 320 g/mol. The van der Waals surface area contributed by atoms with Crippen LogP contribution >= 0.6 is 0 Å². The molecule has 4 N–H and O–H groups in total. The van der Waals surface area contributed by atoms with Gasteiger partial charge < -0.3 is 30.3 Å². The van der Waals surface area contributed by atoms with Crippen LogP contribution in [-0.2, 0) is 25.7 Å². The number of benzene rings is 1. The summed E-state index contributed by atoms with van der Waals surface area (Å²) in [5.74, 6) is -1.71. The number of aliphatic hydroxyl groups is 2. The van der Waals surface area contributed by atoms with Crippen molar-refractivity contribution in [2.45, 2.75) is 18.7 Å². The number of aliphatic hydroxyl groups excluding tert-OH is 2. The van der Waals surface area contributed by atoms with E-state index in [1.165, 1.54) is 0 Å². The number of nitrogens with one attached hydrogen (secondary N) is 2. The van der Waals surface area contributed by atoms with Crippen molar-refractivity contribution < 1.29 is 34.1 Å². The summed E-state index contributed by atoms with van der Waals surface area (Å²) >= 11 is 0. The highest BCUT2D eigenvalue weighted by Crippen LogP contribution is 2.01. The van der Waals surface area contributed by atoms with Crippen LogP contribution in [0.2, 0.25) is 0 Å². The SMILES string of the molecule is COC(=O)[C@H](CO)NC(=O)[C@@H](CO)NC(=O)OCc1ccccc1. The van der Waals surface area contributed by atoms with Crippen LogP contribution in [0, 0.1) is 0 Å². The van der Waals surface area contributed by atoms with E-state index in [1.807, 2.05) is 6.07 Å². The van der Waals surface area contributed by atoms with Crippen LogP contribution in [-0.4, -0.2) is 60.6 Å². The van der Waals surface area contributed by atoms with E-state index in [-0.39, 0.29) is 6.61 Å². The number of hydrogen-bond donors (Lipinski definition) is 4. The summed E-state index contributed by atoms with van der Waals surface area (Å²) in [6.07, 6.45) is -0.910. The maximum absolute atomic E-state index is 11.9. The van der Waals surface area contributed by atoms with Crippen molar-refractivity contribution in [1.29, 1.82) is 0 Å². The van der Waals surface area contributed by atoms with Crippen LogP contribution in [0.3, 0.4) is 0 Å². The number of carbonyl (C=O) groups is 3. The van der Waals surface area contributed by atoms with E-state index in [1.54, 1.807) is 24.3 Å². The van der Waals surface area contributed by atoms with Crippen molar-refractivity contribution in [3.05, 3.63) is 35.9 Å². The lowest BCUT2D eigenvalue weighted by atomic mass is 10.2. The Hall–Kier alpha value is -2.65. The molecule has 9 heteroatoms. The first-order chi connectivity index (χ1) is 11.5. The molecule has 132 valence electrons. The molecule has 2 atom stereocenters. The highest BCUT2D eigenvalue weighted by Gasteiger charge is 2.26. The van der Waals surface area contributed by atoms with Gasteiger partial charge in [0.05, 0.1) is 20.3 Å². The number of rotatable bonds is 8. The van der Waals surface area contributed by atoms with E-state index in [2.05, 4.69) is 15.4 Å². The topological polar surface area (TPSA) is 134 Å². The molecule has 0 heterocycles.